The van der Waals surface area contributed by atoms with Crippen LogP contribution in [0.1, 0.15) is 5.56 Å². The molecule has 0 aliphatic carbocycles. The maximum absolute atomic E-state index is 11.7. The van der Waals surface area contributed by atoms with E-state index in [4.69, 9.17) is 0 Å². The number of hydrogen-bond donors (Lipinski definition) is 0. The van der Waals surface area contributed by atoms with Gasteiger partial charge >= 0.3 is 0 Å². The van der Waals surface area contributed by atoms with Crippen LogP contribution in [0.15, 0.2) is 30.3 Å². The lowest BCUT2D eigenvalue weighted by Crippen LogP contribution is -3.00. The standard InChI is InChI=1S/C13H20NOS.HI/c1-14(2,3)9-10-16-13(15)11-12-7-5-4-6-8-12;/h4-8H,9-11H2,1-3H3;1H/q+1;/p-1. The zero-order valence-corrected chi connectivity index (χ0v) is 13.6. The molecule has 0 saturated heterocycles. The predicted molar refractivity (Wildman–Crippen MR) is 70.5 cm³/mol. The molecule has 0 heterocycles. The van der Waals surface area contributed by atoms with Gasteiger partial charge in [0, 0.05) is 6.42 Å². The minimum atomic E-state index is 0. The summed E-state index contributed by atoms with van der Waals surface area (Å²) in [7, 11) is 6.42. The Labute approximate surface area is 125 Å². The normalized spacial score (nSPS) is 10.8. The van der Waals surface area contributed by atoms with Crippen LogP contribution >= 0.6 is 11.8 Å². The van der Waals surface area contributed by atoms with Crippen molar-refractivity contribution in [2.75, 3.05) is 33.4 Å². The van der Waals surface area contributed by atoms with Crippen LogP contribution < -0.4 is 24.0 Å². The molecule has 96 valence electrons. The highest BCUT2D eigenvalue weighted by molar-refractivity contribution is 8.13. The summed E-state index contributed by atoms with van der Waals surface area (Å²) in [6.07, 6.45) is 0.544. The fourth-order valence-electron chi connectivity index (χ4n) is 1.25. The molecule has 0 fully saturated rings. The summed E-state index contributed by atoms with van der Waals surface area (Å²) in [5.74, 6) is 0.898. The summed E-state index contributed by atoms with van der Waals surface area (Å²) in [6.45, 7) is 1.02. The number of halogens is 1. The van der Waals surface area contributed by atoms with E-state index < -0.39 is 0 Å². The highest BCUT2D eigenvalue weighted by atomic mass is 127. The SMILES string of the molecule is C[N+](C)(C)CCSC(=O)Cc1ccccc1.[I-]. The van der Waals surface area contributed by atoms with Gasteiger partial charge in [0.25, 0.3) is 0 Å². The van der Waals surface area contributed by atoms with Gasteiger partial charge in [-0.25, -0.2) is 0 Å². The largest absolute Gasteiger partial charge is 1.00 e. The fourth-order valence-corrected chi connectivity index (χ4v) is 2.38. The highest BCUT2D eigenvalue weighted by Crippen LogP contribution is 2.09. The van der Waals surface area contributed by atoms with E-state index in [1.807, 2.05) is 30.3 Å². The zero-order chi connectivity index (χ0) is 12.0. The van der Waals surface area contributed by atoms with Crippen LogP contribution in [-0.4, -0.2) is 43.0 Å². The third-order valence-corrected chi connectivity index (χ3v) is 3.07. The molecule has 0 N–H and O–H groups in total. The van der Waals surface area contributed by atoms with Gasteiger partial charge < -0.3 is 28.5 Å². The van der Waals surface area contributed by atoms with Gasteiger partial charge in [0.05, 0.1) is 33.4 Å². The van der Waals surface area contributed by atoms with Crippen molar-refractivity contribution < 1.29 is 33.3 Å². The number of thioether (sulfide) groups is 1. The Balaban J connectivity index is 0.00000256. The zero-order valence-electron chi connectivity index (χ0n) is 10.6. The maximum atomic E-state index is 11.7. The second kappa shape index (κ2) is 8.11. The number of hydrogen-bond acceptors (Lipinski definition) is 2. The number of carbonyl (C=O) groups excluding carboxylic acids is 1. The van der Waals surface area contributed by atoms with E-state index in [1.54, 1.807) is 0 Å². The third-order valence-electron chi connectivity index (χ3n) is 2.22. The van der Waals surface area contributed by atoms with E-state index in [1.165, 1.54) is 11.8 Å². The van der Waals surface area contributed by atoms with E-state index in [-0.39, 0.29) is 29.1 Å². The van der Waals surface area contributed by atoms with Gasteiger partial charge in [-0.15, -0.1) is 0 Å². The van der Waals surface area contributed by atoms with E-state index >= 15 is 0 Å². The number of benzene rings is 1. The van der Waals surface area contributed by atoms with Gasteiger partial charge in [0.1, 0.15) is 0 Å². The van der Waals surface area contributed by atoms with Crippen molar-refractivity contribution in [2.24, 2.45) is 0 Å². The molecule has 0 aliphatic rings. The molecule has 0 unspecified atom stereocenters. The van der Waals surface area contributed by atoms with Gasteiger partial charge in [0.15, 0.2) is 5.12 Å². The Kier molecular flexibility index (Phi) is 8.07. The minimum Gasteiger partial charge on any atom is -1.00 e. The Morgan fingerprint density at radius 1 is 1.18 bits per heavy atom. The van der Waals surface area contributed by atoms with Crippen LogP contribution in [0, 0.1) is 0 Å². The monoisotopic (exact) mass is 365 g/mol. The van der Waals surface area contributed by atoms with E-state index in [0.29, 0.717) is 6.42 Å². The molecule has 0 saturated carbocycles. The van der Waals surface area contributed by atoms with Crippen molar-refractivity contribution in [3.8, 4) is 0 Å². The molecule has 1 rings (SSSR count). The van der Waals surface area contributed by atoms with Crippen LogP contribution in [0.3, 0.4) is 0 Å². The number of nitrogens with zero attached hydrogens (tertiary/aromatic N) is 1. The Morgan fingerprint density at radius 3 is 2.29 bits per heavy atom. The molecule has 17 heavy (non-hydrogen) atoms. The minimum absolute atomic E-state index is 0. The van der Waals surface area contributed by atoms with Gasteiger partial charge in [-0.05, 0) is 5.56 Å². The van der Waals surface area contributed by atoms with Crippen LogP contribution in [0.2, 0.25) is 0 Å². The third kappa shape index (κ3) is 8.63. The van der Waals surface area contributed by atoms with Crippen molar-refractivity contribution in [1.29, 1.82) is 0 Å². The summed E-state index contributed by atoms with van der Waals surface area (Å²) in [6, 6.07) is 9.91. The number of rotatable bonds is 5. The first-order valence-corrected chi connectivity index (χ1v) is 6.46. The molecule has 0 bridgehead atoms. The molecule has 0 amide bonds. The van der Waals surface area contributed by atoms with Gasteiger partial charge in [0.2, 0.25) is 0 Å². The first kappa shape index (κ1) is 16.9. The van der Waals surface area contributed by atoms with Crippen molar-refractivity contribution in [3.63, 3.8) is 0 Å². The average molecular weight is 365 g/mol. The molecule has 0 radical (unpaired) electrons. The summed E-state index contributed by atoms with van der Waals surface area (Å²) in [4.78, 5) is 11.7. The van der Waals surface area contributed by atoms with Crippen molar-refractivity contribution in [2.45, 2.75) is 6.42 Å². The first-order chi connectivity index (χ1) is 7.47. The summed E-state index contributed by atoms with van der Waals surface area (Å²) >= 11 is 1.44. The van der Waals surface area contributed by atoms with E-state index in [2.05, 4.69) is 21.1 Å². The Hall–Kier alpha value is -0.0700. The molecule has 4 heteroatoms. The van der Waals surface area contributed by atoms with E-state index in [9.17, 15) is 4.79 Å². The lowest BCUT2D eigenvalue weighted by molar-refractivity contribution is -0.867. The van der Waals surface area contributed by atoms with Crippen molar-refractivity contribution >= 4 is 16.9 Å². The second-order valence-corrected chi connectivity index (χ2v) is 6.05. The Morgan fingerprint density at radius 2 is 1.76 bits per heavy atom. The van der Waals surface area contributed by atoms with Crippen LogP contribution in [-0.2, 0) is 11.2 Å². The second-order valence-electron chi connectivity index (χ2n) is 4.90. The molecule has 0 aliphatic heterocycles. The average Bonchev–Trinajstić information content (AvgIpc) is 2.17. The number of carbonyl (C=O) groups is 1. The molecule has 1 aromatic rings. The molecule has 0 atom stereocenters. The quantitative estimate of drug-likeness (QED) is 0.502. The van der Waals surface area contributed by atoms with Gasteiger partial charge in [-0.2, -0.15) is 0 Å². The molecular formula is C13H20INOS. The molecule has 1 aromatic carbocycles. The number of quaternary nitrogens is 1. The topological polar surface area (TPSA) is 17.1 Å². The first-order valence-electron chi connectivity index (χ1n) is 5.47. The predicted octanol–water partition coefficient (Wildman–Crippen LogP) is -0.801. The lowest BCUT2D eigenvalue weighted by Gasteiger charge is -2.23. The van der Waals surface area contributed by atoms with Crippen LogP contribution in [0.25, 0.3) is 0 Å². The molecule has 2 nitrogen and oxygen atoms in total. The smallest absolute Gasteiger partial charge is 0.193 e. The fraction of sp³-hybridized carbons (Fsp3) is 0.462. The Bertz CT molecular complexity index is 335. The maximum Gasteiger partial charge on any atom is 0.193 e. The molecule has 0 aromatic heterocycles. The lowest BCUT2D eigenvalue weighted by atomic mass is 10.2. The summed E-state index contributed by atoms with van der Waals surface area (Å²) < 4.78 is 0.908. The van der Waals surface area contributed by atoms with Crippen LogP contribution in [0.4, 0.5) is 0 Å². The van der Waals surface area contributed by atoms with Crippen molar-refractivity contribution in [1.82, 2.24) is 0 Å². The highest BCUT2D eigenvalue weighted by Gasteiger charge is 2.09. The van der Waals surface area contributed by atoms with Crippen molar-refractivity contribution in [3.05, 3.63) is 35.9 Å². The van der Waals surface area contributed by atoms with E-state index in [0.717, 1.165) is 22.3 Å². The van der Waals surface area contributed by atoms with Crippen LogP contribution in [0.5, 0.6) is 0 Å². The summed E-state index contributed by atoms with van der Waals surface area (Å²) in [5, 5.41) is 0.264. The molecular weight excluding hydrogens is 345 g/mol. The molecule has 0 spiro atoms. The summed E-state index contributed by atoms with van der Waals surface area (Å²) in [5.41, 5.74) is 1.10. The van der Waals surface area contributed by atoms with Gasteiger partial charge in [-0.3, -0.25) is 4.79 Å². The van der Waals surface area contributed by atoms with Gasteiger partial charge in [-0.1, -0.05) is 42.1 Å².